The maximum absolute atomic E-state index is 13.0. The molecular weight excluding hydrogens is 450 g/mol. The van der Waals surface area contributed by atoms with Crippen LogP contribution in [0.4, 0.5) is 13.2 Å². The van der Waals surface area contributed by atoms with E-state index in [0.717, 1.165) is 18.9 Å². The standard InChI is InChI=1S/C22H22Cl2F3N3O/c23-17-5-4-15(11-18(17)24)21(31)30-8-6-13(7-9-30)19-12-20(29-28-19)14-2-1-3-16(10-14)22(25,26)27/h1-5,10-11,13,19-20,28-29H,6-9,12H2. The summed E-state index contributed by atoms with van der Waals surface area (Å²) >= 11 is 11.9. The van der Waals surface area contributed by atoms with Gasteiger partial charge in [-0.1, -0.05) is 35.3 Å². The number of alkyl halides is 3. The first-order valence-electron chi connectivity index (χ1n) is 10.1. The van der Waals surface area contributed by atoms with Crippen molar-refractivity contribution in [2.75, 3.05) is 13.1 Å². The van der Waals surface area contributed by atoms with Crippen molar-refractivity contribution in [3.63, 3.8) is 0 Å². The Hall–Kier alpha value is -1.80. The maximum Gasteiger partial charge on any atom is 0.416 e. The minimum Gasteiger partial charge on any atom is -0.339 e. The summed E-state index contributed by atoms with van der Waals surface area (Å²) in [6.07, 6.45) is -2.01. The third kappa shape index (κ3) is 5.00. The molecule has 2 unspecified atom stereocenters. The van der Waals surface area contributed by atoms with Crippen LogP contribution >= 0.6 is 23.2 Å². The maximum atomic E-state index is 13.0. The second kappa shape index (κ2) is 8.98. The van der Waals surface area contributed by atoms with Gasteiger partial charge in [0.15, 0.2) is 0 Å². The van der Waals surface area contributed by atoms with E-state index in [-0.39, 0.29) is 18.0 Å². The zero-order valence-electron chi connectivity index (χ0n) is 16.6. The van der Waals surface area contributed by atoms with E-state index in [4.69, 9.17) is 23.2 Å². The zero-order valence-corrected chi connectivity index (χ0v) is 18.1. The quantitative estimate of drug-likeness (QED) is 0.623. The molecular formula is C22H22Cl2F3N3O. The third-order valence-corrected chi connectivity index (χ3v) is 6.85. The van der Waals surface area contributed by atoms with Gasteiger partial charge in [-0.2, -0.15) is 13.2 Å². The molecule has 2 saturated heterocycles. The molecule has 0 radical (unpaired) electrons. The van der Waals surface area contributed by atoms with Crippen molar-refractivity contribution in [2.45, 2.75) is 37.5 Å². The number of hydrogen-bond donors (Lipinski definition) is 2. The van der Waals surface area contributed by atoms with Crippen molar-refractivity contribution >= 4 is 29.1 Å². The Morgan fingerprint density at radius 3 is 2.42 bits per heavy atom. The highest BCUT2D eigenvalue weighted by atomic mass is 35.5. The van der Waals surface area contributed by atoms with E-state index in [1.807, 2.05) is 4.90 Å². The summed E-state index contributed by atoms with van der Waals surface area (Å²) in [5.74, 6) is 0.262. The van der Waals surface area contributed by atoms with Crippen LogP contribution in [0.3, 0.4) is 0 Å². The van der Waals surface area contributed by atoms with Gasteiger partial charge >= 0.3 is 6.18 Å². The minimum atomic E-state index is -4.35. The monoisotopic (exact) mass is 471 g/mol. The molecule has 0 spiro atoms. The molecule has 9 heteroatoms. The molecule has 2 heterocycles. The van der Waals surface area contributed by atoms with Crippen LogP contribution in [-0.2, 0) is 6.18 Å². The van der Waals surface area contributed by atoms with Crippen molar-refractivity contribution in [1.29, 1.82) is 0 Å². The highest BCUT2D eigenvalue weighted by molar-refractivity contribution is 6.42. The molecule has 2 N–H and O–H groups in total. The van der Waals surface area contributed by atoms with Gasteiger partial charge in [0, 0.05) is 30.7 Å². The van der Waals surface area contributed by atoms with E-state index in [1.54, 1.807) is 24.3 Å². The van der Waals surface area contributed by atoms with Gasteiger partial charge in [-0.25, -0.2) is 0 Å². The van der Waals surface area contributed by atoms with Gasteiger partial charge in [0.25, 0.3) is 5.91 Å². The summed E-state index contributed by atoms with van der Waals surface area (Å²) in [7, 11) is 0. The first-order valence-corrected chi connectivity index (χ1v) is 10.9. The number of likely N-dealkylation sites (tertiary alicyclic amines) is 1. The van der Waals surface area contributed by atoms with E-state index >= 15 is 0 Å². The lowest BCUT2D eigenvalue weighted by atomic mass is 9.86. The van der Waals surface area contributed by atoms with Crippen LogP contribution in [0.25, 0.3) is 0 Å². The normalized spacial score (nSPS) is 22.7. The van der Waals surface area contributed by atoms with Crippen molar-refractivity contribution < 1.29 is 18.0 Å². The summed E-state index contributed by atoms with van der Waals surface area (Å²) in [5.41, 5.74) is 6.90. The Bertz CT molecular complexity index is 961. The number of carbonyl (C=O) groups is 1. The molecule has 0 aromatic heterocycles. The number of carbonyl (C=O) groups excluding carboxylic acids is 1. The second-order valence-corrected chi connectivity index (χ2v) is 8.88. The van der Waals surface area contributed by atoms with Gasteiger partial charge in [-0.05, 0) is 61.1 Å². The van der Waals surface area contributed by atoms with Crippen molar-refractivity contribution in [1.82, 2.24) is 15.8 Å². The Morgan fingerprint density at radius 1 is 1.00 bits per heavy atom. The molecule has 2 aliphatic rings. The molecule has 0 saturated carbocycles. The molecule has 2 aliphatic heterocycles. The predicted molar refractivity (Wildman–Crippen MR) is 114 cm³/mol. The average molecular weight is 472 g/mol. The Kier molecular flexibility index (Phi) is 6.49. The number of rotatable bonds is 3. The Morgan fingerprint density at radius 2 is 1.74 bits per heavy atom. The lowest BCUT2D eigenvalue weighted by molar-refractivity contribution is -0.137. The number of hydrazine groups is 1. The second-order valence-electron chi connectivity index (χ2n) is 8.07. The van der Waals surface area contributed by atoms with E-state index in [9.17, 15) is 18.0 Å². The Balaban J connectivity index is 1.34. The fraction of sp³-hybridized carbons (Fsp3) is 0.409. The molecule has 2 aromatic carbocycles. The molecule has 31 heavy (non-hydrogen) atoms. The average Bonchev–Trinajstić information content (AvgIpc) is 3.25. The summed E-state index contributed by atoms with van der Waals surface area (Å²) < 4.78 is 39.0. The van der Waals surface area contributed by atoms with Crippen LogP contribution in [0.1, 0.15) is 46.8 Å². The molecule has 2 fully saturated rings. The lowest BCUT2D eigenvalue weighted by Crippen LogP contribution is -2.44. The molecule has 4 nitrogen and oxygen atoms in total. The number of amides is 1. The molecule has 4 rings (SSSR count). The van der Waals surface area contributed by atoms with Crippen molar-refractivity contribution in [3.8, 4) is 0 Å². The number of benzene rings is 2. The predicted octanol–water partition coefficient (Wildman–Crippen LogP) is 5.47. The van der Waals surface area contributed by atoms with E-state index in [2.05, 4.69) is 10.9 Å². The molecule has 2 atom stereocenters. The number of piperidine rings is 1. The van der Waals surface area contributed by atoms with Crippen LogP contribution < -0.4 is 10.9 Å². The molecule has 2 aromatic rings. The zero-order chi connectivity index (χ0) is 22.2. The largest absolute Gasteiger partial charge is 0.416 e. The number of hydrogen-bond acceptors (Lipinski definition) is 3. The number of nitrogens with one attached hydrogen (secondary N) is 2. The van der Waals surface area contributed by atoms with Gasteiger partial charge in [-0.3, -0.25) is 15.6 Å². The Labute approximate surface area is 188 Å². The summed E-state index contributed by atoms with van der Waals surface area (Å²) in [5, 5.41) is 0.760. The molecule has 166 valence electrons. The van der Waals surface area contributed by atoms with Crippen molar-refractivity contribution in [2.24, 2.45) is 5.92 Å². The smallest absolute Gasteiger partial charge is 0.339 e. The van der Waals surface area contributed by atoms with Gasteiger partial charge in [0.1, 0.15) is 0 Å². The van der Waals surface area contributed by atoms with Gasteiger partial charge in [-0.15, -0.1) is 0 Å². The van der Waals surface area contributed by atoms with Crippen LogP contribution in [0.5, 0.6) is 0 Å². The highest BCUT2D eigenvalue weighted by Gasteiger charge is 2.36. The number of halogens is 5. The van der Waals surface area contributed by atoms with E-state index < -0.39 is 11.7 Å². The SMILES string of the molecule is O=C(c1ccc(Cl)c(Cl)c1)N1CCC(C2CC(c3cccc(C(F)(F)F)c3)NN2)CC1. The topological polar surface area (TPSA) is 44.4 Å². The lowest BCUT2D eigenvalue weighted by Gasteiger charge is -2.34. The summed E-state index contributed by atoms with van der Waals surface area (Å²) in [6.45, 7) is 1.24. The molecule has 0 bridgehead atoms. The number of nitrogens with zero attached hydrogens (tertiary/aromatic N) is 1. The van der Waals surface area contributed by atoms with E-state index in [0.29, 0.717) is 46.6 Å². The fourth-order valence-electron chi connectivity index (χ4n) is 4.36. The summed E-state index contributed by atoms with van der Waals surface area (Å²) in [6, 6.07) is 10.3. The van der Waals surface area contributed by atoms with Gasteiger partial charge in [0.05, 0.1) is 15.6 Å². The molecule has 0 aliphatic carbocycles. The molecule has 1 amide bonds. The van der Waals surface area contributed by atoms with Crippen LogP contribution in [0.15, 0.2) is 42.5 Å². The summed E-state index contributed by atoms with van der Waals surface area (Å²) in [4.78, 5) is 14.6. The van der Waals surface area contributed by atoms with Crippen molar-refractivity contribution in [3.05, 3.63) is 69.2 Å². The highest BCUT2D eigenvalue weighted by Crippen LogP contribution is 2.34. The van der Waals surface area contributed by atoms with Gasteiger partial charge in [0.2, 0.25) is 0 Å². The first-order chi connectivity index (χ1) is 14.7. The van der Waals surface area contributed by atoms with E-state index in [1.165, 1.54) is 12.1 Å². The fourth-order valence-corrected chi connectivity index (χ4v) is 4.66. The van der Waals surface area contributed by atoms with Crippen LogP contribution in [0, 0.1) is 5.92 Å². The minimum absolute atomic E-state index is 0.0728. The van der Waals surface area contributed by atoms with Crippen LogP contribution in [-0.4, -0.2) is 29.9 Å². The van der Waals surface area contributed by atoms with Crippen LogP contribution in [0.2, 0.25) is 10.0 Å². The van der Waals surface area contributed by atoms with Gasteiger partial charge < -0.3 is 4.90 Å². The first kappa shape index (κ1) is 22.4. The third-order valence-electron chi connectivity index (χ3n) is 6.11.